The maximum atomic E-state index is 11.2. The molecule has 23 heavy (non-hydrogen) atoms. The molecule has 5 N–H and O–H groups in total. The molecule has 0 bridgehead atoms. The van der Waals surface area contributed by atoms with Crippen LogP contribution in [0.5, 0.6) is 11.5 Å². The molecule has 0 fully saturated rings. The predicted molar refractivity (Wildman–Crippen MR) is 83.0 cm³/mol. The molecule has 0 saturated carbocycles. The molecule has 9 heteroatoms. The number of nitrogens with zero attached hydrogens (tertiary/aromatic N) is 3. The molecule has 1 heterocycles. The van der Waals surface area contributed by atoms with Crippen molar-refractivity contribution in [2.75, 3.05) is 18.1 Å². The van der Waals surface area contributed by atoms with Crippen molar-refractivity contribution in [3.63, 3.8) is 0 Å². The number of pyridine rings is 1. The van der Waals surface area contributed by atoms with Gasteiger partial charge in [0.15, 0.2) is 17.4 Å². The van der Waals surface area contributed by atoms with Crippen molar-refractivity contribution >= 4 is 29.2 Å². The molecule has 2 aromatic rings. The number of hydrogen-bond acceptors (Lipinski definition) is 9. The molecule has 0 aliphatic heterocycles. The fourth-order valence-corrected chi connectivity index (χ4v) is 1.54. The van der Waals surface area contributed by atoms with Crippen LogP contribution in [-0.4, -0.2) is 22.9 Å². The lowest BCUT2D eigenvalue weighted by molar-refractivity contribution is 0.104. The summed E-state index contributed by atoms with van der Waals surface area (Å²) >= 11 is 0. The zero-order valence-electron chi connectivity index (χ0n) is 12.3. The lowest BCUT2D eigenvalue weighted by atomic mass is 10.3. The van der Waals surface area contributed by atoms with E-state index < -0.39 is 6.16 Å². The van der Waals surface area contributed by atoms with Gasteiger partial charge in [-0.05, 0) is 31.2 Å². The van der Waals surface area contributed by atoms with Crippen molar-refractivity contribution in [1.82, 2.24) is 4.98 Å². The highest BCUT2D eigenvalue weighted by atomic mass is 16.7. The van der Waals surface area contributed by atoms with Crippen molar-refractivity contribution in [2.24, 2.45) is 10.2 Å². The van der Waals surface area contributed by atoms with Crippen LogP contribution in [0, 0.1) is 0 Å². The maximum absolute atomic E-state index is 11.2. The summed E-state index contributed by atoms with van der Waals surface area (Å²) in [7, 11) is 0. The summed E-state index contributed by atoms with van der Waals surface area (Å²) in [5.74, 6) is 0.0493. The number of ether oxygens (including phenoxy) is 2. The zero-order chi connectivity index (χ0) is 16.8. The number of nitrogens with two attached hydrogens (primary N) is 2. The first kappa shape index (κ1) is 16.0. The average Bonchev–Trinajstić information content (AvgIpc) is 2.51. The van der Waals surface area contributed by atoms with Crippen LogP contribution in [-0.2, 0) is 4.74 Å². The first-order chi connectivity index (χ1) is 11.0. The number of benzene rings is 1. The molecule has 1 aromatic carbocycles. The van der Waals surface area contributed by atoms with Crippen molar-refractivity contribution < 1.29 is 19.4 Å². The number of rotatable bonds is 4. The Labute approximate surface area is 131 Å². The third-order valence-electron chi connectivity index (χ3n) is 2.61. The molecule has 120 valence electrons. The highest BCUT2D eigenvalue weighted by Crippen LogP contribution is 2.30. The molecule has 0 saturated heterocycles. The quantitative estimate of drug-likeness (QED) is 0.446. The van der Waals surface area contributed by atoms with Gasteiger partial charge < -0.3 is 26.0 Å². The Morgan fingerprint density at radius 1 is 1.22 bits per heavy atom. The largest absolute Gasteiger partial charge is 0.513 e. The van der Waals surface area contributed by atoms with Gasteiger partial charge in [-0.3, -0.25) is 0 Å². The predicted octanol–water partition coefficient (Wildman–Crippen LogP) is 2.90. The molecule has 2 rings (SSSR count). The van der Waals surface area contributed by atoms with E-state index in [9.17, 15) is 9.90 Å². The molecule has 0 radical (unpaired) electrons. The summed E-state index contributed by atoms with van der Waals surface area (Å²) in [6.07, 6.45) is -0.780. The van der Waals surface area contributed by atoms with Crippen molar-refractivity contribution in [3.05, 3.63) is 30.3 Å². The van der Waals surface area contributed by atoms with Crippen LogP contribution in [0.4, 0.5) is 27.8 Å². The van der Waals surface area contributed by atoms with E-state index in [1.54, 1.807) is 19.1 Å². The first-order valence-corrected chi connectivity index (χ1v) is 6.61. The Kier molecular flexibility index (Phi) is 4.92. The summed E-state index contributed by atoms with van der Waals surface area (Å²) < 4.78 is 9.57. The van der Waals surface area contributed by atoms with E-state index in [1.807, 2.05) is 0 Å². The molecule has 0 aliphatic carbocycles. The number of anilines is 2. The SMILES string of the molecule is CCOC(=O)Oc1ccc(/N=N/c2cc(O)c(N)nc2N)cc1. The summed E-state index contributed by atoms with van der Waals surface area (Å²) in [6.45, 7) is 1.91. The first-order valence-electron chi connectivity index (χ1n) is 6.61. The van der Waals surface area contributed by atoms with Crippen molar-refractivity contribution in [1.29, 1.82) is 0 Å². The number of aromatic nitrogens is 1. The Morgan fingerprint density at radius 3 is 2.57 bits per heavy atom. The van der Waals surface area contributed by atoms with Crippen LogP contribution in [0.2, 0.25) is 0 Å². The molecular formula is C14H15N5O4. The van der Waals surface area contributed by atoms with Gasteiger partial charge in [-0.2, -0.15) is 5.11 Å². The van der Waals surface area contributed by atoms with Crippen LogP contribution >= 0.6 is 0 Å². The summed E-state index contributed by atoms with van der Waals surface area (Å²) in [4.78, 5) is 14.9. The number of carbonyl (C=O) groups is 1. The number of nitrogen functional groups attached to an aromatic ring is 2. The molecule has 0 aliphatic rings. The smallest absolute Gasteiger partial charge is 0.504 e. The fraction of sp³-hybridized carbons (Fsp3) is 0.143. The molecule has 1 aromatic heterocycles. The van der Waals surface area contributed by atoms with Crippen LogP contribution in [0.3, 0.4) is 0 Å². The average molecular weight is 317 g/mol. The Balaban J connectivity index is 2.09. The maximum Gasteiger partial charge on any atom is 0.513 e. The van der Waals surface area contributed by atoms with Gasteiger partial charge in [0.2, 0.25) is 0 Å². The van der Waals surface area contributed by atoms with Crippen LogP contribution in [0.1, 0.15) is 6.92 Å². The standard InChI is InChI=1S/C14H15N5O4/c1-2-22-14(21)23-9-5-3-8(4-6-9)18-19-10-7-11(20)13(16)17-12(10)15/h3-7,20H,2H2,1H3,(H4,15,16,17)/b19-18+. The Hall–Kier alpha value is -3.36. The molecule has 0 amide bonds. The van der Waals surface area contributed by atoms with Gasteiger partial charge >= 0.3 is 6.16 Å². The van der Waals surface area contributed by atoms with Crippen LogP contribution in [0.15, 0.2) is 40.6 Å². The summed E-state index contributed by atoms with van der Waals surface area (Å²) in [6, 6.07) is 7.50. The topological polar surface area (TPSA) is 145 Å². The lowest BCUT2D eigenvalue weighted by Gasteiger charge is -2.04. The molecule has 0 spiro atoms. The molecule has 9 nitrogen and oxygen atoms in total. The van der Waals surface area contributed by atoms with E-state index in [0.29, 0.717) is 11.4 Å². The number of aromatic hydroxyl groups is 1. The minimum Gasteiger partial charge on any atom is -0.504 e. The van der Waals surface area contributed by atoms with Gasteiger partial charge in [-0.1, -0.05) is 0 Å². The number of azo groups is 1. The third-order valence-corrected chi connectivity index (χ3v) is 2.61. The van der Waals surface area contributed by atoms with E-state index in [2.05, 4.69) is 19.9 Å². The minimum absolute atomic E-state index is 0.0475. The molecule has 0 atom stereocenters. The normalized spacial score (nSPS) is 10.7. The minimum atomic E-state index is -0.780. The van der Waals surface area contributed by atoms with E-state index in [0.717, 1.165) is 0 Å². The van der Waals surface area contributed by atoms with Crippen molar-refractivity contribution in [2.45, 2.75) is 6.92 Å². The van der Waals surface area contributed by atoms with Gasteiger partial charge in [-0.15, -0.1) is 5.11 Å². The van der Waals surface area contributed by atoms with Crippen molar-refractivity contribution in [3.8, 4) is 11.5 Å². The van der Waals surface area contributed by atoms with E-state index in [-0.39, 0.29) is 29.7 Å². The molecule has 0 unspecified atom stereocenters. The third kappa shape index (κ3) is 4.30. The van der Waals surface area contributed by atoms with Gasteiger partial charge in [0.05, 0.1) is 12.3 Å². The van der Waals surface area contributed by atoms with Crippen LogP contribution < -0.4 is 16.2 Å². The highest BCUT2D eigenvalue weighted by Gasteiger charge is 2.06. The summed E-state index contributed by atoms with van der Waals surface area (Å²) in [5.41, 5.74) is 11.7. The van der Waals surface area contributed by atoms with Gasteiger partial charge in [0.25, 0.3) is 0 Å². The zero-order valence-corrected chi connectivity index (χ0v) is 12.3. The Bertz CT molecular complexity index is 731. The van der Waals surface area contributed by atoms with E-state index in [4.69, 9.17) is 16.2 Å². The number of carbonyl (C=O) groups excluding carboxylic acids is 1. The fourth-order valence-electron chi connectivity index (χ4n) is 1.54. The second-order valence-electron chi connectivity index (χ2n) is 4.28. The van der Waals surface area contributed by atoms with Gasteiger partial charge in [0.1, 0.15) is 11.4 Å². The number of hydrogen-bond donors (Lipinski definition) is 3. The van der Waals surface area contributed by atoms with E-state index >= 15 is 0 Å². The van der Waals surface area contributed by atoms with Crippen LogP contribution in [0.25, 0.3) is 0 Å². The Morgan fingerprint density at radius 2 is 1.91 bits per heavy atom. The second-order valence-corrected chi connectivity index (χ2v) is 4.28. The molecular weight excluding hydrogens is 302 g/mol. The second kappa shape index (κ2) is 7.07. The van der Waals surface area contributed by atoms with E-state index in [1.165, 1.54) is 18.2 Å². The van der Waals surface area contributed by atoms with Gasteiger partial charge in [0, 0.05) is 6.07 Å². The highest BCUT2D eigenvalue weighted by molar-refractivity contribution is 5.66. The van der Waals surface area contributed by atoms with Gasteiger partial charge in [-0.25, -0.2) is 9.78 Å². The monoisotopic (exact) mass is 317 g/mol. The lowest BCUT2D eigenvalue weighted by Crippen LogP contribution is -2.09. The summed E-state index contributed by atoms with van der Waals surface area (Å²) in [5, 5.41) is 17.3.